The second-order valence-electron chi connectivity index (χ2n) is 4.74. The molecule has 0 unspecified atom stereocenters. The molecular weight excluding hydrogens is 270 g/mol. The number of hydrogen-bond donors (Lipinski definition) is 0. The van der Waals surface area contributed by atoms with Crippen molar-refractivity contribution in [1.29, 1.82) is 0 Å². The van der Waals surface area contributed by atoms with Gasteiger partial charge in [0.15, 0.2) is 0 Å². The summed E-state index contributed by atoms with van der Waals surface area (Å²) in [6.45, 7) is 7.13. The van der Waals surface area contributed by atoms with E-state index in [0.717, 1.165) is 19.6 Å². The van der Waals surface area contributed by atoms with Gasteiger partial charge in [-0.3, -0.25) is 9.88 Å². The summed E-state index contributed by atoms with van der Waals surface area (Å²) in [5.41, 5.74) is 1.83. The Balaban J connectivity index is 1.89. The summed E-state index contributed by atoms with van der Waals surface area (Å²) in [6.07, 6.45) is 1.88. The summed E-state index contributed by atoms with van der Waals surface area (Å²) < 4.78 is 25.6. The molecule has 7 heteroatoms. The average molecular weight is 289 g/mol. The van der Waals surface area contributed by atoms with E-state index in [9.17, 15) is 8.42 Å². The Bertz CT molecular complexity index is 462. The Labute approximate surface area is 112 Å². The third kappa shape index (κ3) is 3.09. The van der Waals surface area contributed by atoms with Gasteiger partial charge in [-0.2, -0.15) is 4.31 Å². The summed E-state index contributed by atoms with van der Waals surface area (Å²) in [5, 5.41) is -0.328. The van der Waals surface area contributed by atoms with E-state index in [1.54, 1.807) is 29.5 Å². The Hall–Kier alpha value is -0.500. The van der Waals surface area contributed by atoms with Crippen LogP contribution in [0, 0.1) is 0 Å². The number of thiazole rings is 1. The van der Waals surface area contributed by atoms with E-state index in [-0.39, 0.29) is 5.25 Å². The smallest absolute Gasteiger partial charge is 0.216 e. The zero-order chi connectivity index (χ0) is 13.2. The molecule has 0 atom stereocenters. The SMILES string of the molecule is CC(C)S(=O)(=O)N1CCN(Cc2cncs2)CC1. The van der Waals surface area contributed by atoms with Crippen LogP contribution in [0.1, 0.15) is 18.7 Å². The lowest BCUT2D eigenvalue weighted by atomic mass is 10.3. The molecule has 102 valence electrons. The first-order valence-corrected chi connectivity index (χ1v) is 8.47. The van der Waals surface area contributed by atoms with Gasteiger partial charge in [-0.25, -0.2) is 8.42 Å². The zero-order valence-electron chi connectivity index (χ0n) is 10.7. The number of piperazine rings is 1. The van der Waals surface area contributed by atoms with Crippen molar-refractivity contribution in [3.05, 3.63) is 16.6 Å². The third-order valence-corrected chi connectivity index (χ3v) is 6.19. The predicted molar refractivity (Wildman–Crippen MR) is 73.0 cm³/mol. The standard InChI is InChI=1S/C11H19N3O2S2/c1-10(2)18(15,16)14-5-3-13(4-6-14)8-11-7-12-9-17-11/h7,9-10H,3-6,8H2,1-2H3. The van der Waals surface area contributed by atoms with Gasteiger partial charge in [0.05, 0.1) is 10.8 Å². The lowest BCUT2D eigenvalue weighted by Crippen LogP contribution is -2.49. The van der Waals surface area contributed by atoms with Crippen molar-refractivity contribution in [1.82, 2.24) is 14.2 Å². The fourth-order valence-electron chi connectivity index (χ4n) is 1.98. The van der Waals surface area contributed by atoms with Gasteiger partial charge in [0.2, 0.25) is 10.0 Å². The fraction of sp³-hybridized carbons (Fsp3) is 0.727. The van der Waals surface area contributed by atoms with Gasteiger partial charge in [-0.15, -0.1) is 11.3 Å². The predicted octanol–water partition coefficient (Wildman–Crippen LogP) is 0.999. The molecule has 2 heterocycles. The first-order chi connectivity index (χ1) is 8.50. The highest BCUT2D eigenvalue weighted by Gasteiger charge is 2.29. The number of aromatic nitrogens is 1. The fourth-order valence-corrected chi connectivity index (χ4v) is 3.89. The molecule has 1 saturated heterocycles. The van der Waals surface area contributed by atoms with Gasteiger partial charge in [0.1, 0.15) is 0 Å². The van der Waals surface area contributed by atoms with Crippen molar-refractivity contribution in [2.24, 2.45) is 0 Å². The molecule has 1 aromatic rings. The quantitative estimate of drug-likeness (QED) is 0.830. The van der Waals surface area contributed by atoms with Crippen molar-refractivity contribution in [2.45, 2.75) is 25.6 Å². The van der Waals surface area contributed by atoms with Gasteiger partial charge in [0.25, 0.3) is 0 Å². The number of sulfonamides is 1. The lowest BCUT2D eigenvalue weighted by molar-refractivity contribution is 0.182. The van der Waals surface area contributed by atoms with Crippen molar-refractivity contribution < 1.29 is 8.42 Å². The summed E-state index contributed by atoms with van der Waals surface area (Å²) in [7, 11) is -3.09. The third-order valence-electron chi connectivity index (χ3n) is 3.15. The molecule has 2 rings (SSSR count). The molecular formula is C11H19N3O2S2. The van der Waals surface area contributed by atoms with Crippen molar-refractivity contribution in [3.63, 3.8) is 0 Å². The summed E-state index contributed by atoms with van der Waals surface area (Å²) in [4.78, 5) is 7.56. The molecule has 18 heavy (non-hydrogen) atoms. The maximum absolute atomic E-state index is 12.0. The Morgan fingerprint density at radius 2 is 2.00 bits per heavy atom. The van der Waals surface area contributed by atoms with Gasteiger partial charge >= 0.3 is 0 Å². The van der Waals surface area contributed by atoms with E-state index in [1.807, 2.05) is 11.7 Å². The topological polar surface area (TPSA) is 53.5 Å². The van der Waals surface area contributed by atoms with Crippen LogP contribution in [0.3, 0.4) is 0 Å². The van der Waals surface area contributed by atoms with Crippen LogP contribution in [0.5, 0.6) is 0 Å². The van der Waals surface area contributed by atoms with E-state index in [1.165, 1.54) is 4.88 Å². The van der Waals surface area contributed by atoms with Crippen LogP contribution in [0.4, 0.5) is 0 Å². The average Bonchev–Trinajstić information content (AvgIpc) is 2.82. The van der Waals surface area contributed by atoms with Crippen LogP contribution in [0.2, 0.25) is 0 Å². The van der Waals surface area contributed by atoms with Crippen LogP contribution in [-0.2, 0) is 16.6 Å². The zero-order valence-corrected chi connectivity index (χ0v) is 12.4. The summed E-state index contributed by atoms with van der Waals surface area (Å²) >= 11 is 1.64. The van der Waals surface area contributed by atoms with E-state index in [0.29, 0.717) is 13.1 Å². The highest BCUT2D eigenvalue weighted by Crippen LogP contribution is 2.15. The summed E-state index contributed by atoms with van der Waals surface area (Å²) in [6, 6.07) is 0. The Morgan fingerprint density at radius 3 is 2.50 bits per heavy atom. The minimum Gasteiger partial charge on any atom is -0.296 e. The van der Waals surface area contributed by atoms with Crippen molar-refractivity contribution >= 4 is 21.4 Å². The van der Waals surface area contributed by atoms with Crippen LogP contribution in [0.15, 0.2) is 11.7 Å². The van der Waals surface area contributed by atoms with Crippen LogP contribution in [-0.4, -0.2) is 54.0 Å². The first-order valence-electron chi connectivity index (χ1n) is 6.09. The van der Waals surface area contributed by atoms with Crippen molar-refractivity contribution in [3.8, 4) is 0 Å². The number of nitrogens with zero attached hydrogens (tertiary/aromatic N) is 3. The lowest BCUT2D eigenvalue weighted by Gasteiger charge is -2.34. The molecule has 1 aliphatic rings. The van der Waals surface area contributed by atoms with Gasteiger partial charge in [0, 0.05) is 43.8 Å². The molecule has 0 aromatic carbocycles. The second-order valence-corrected chi connectivity index (χ2v) is 8.20. The van der Waals surface area contributed by atoms with E-state index in [4.69, 9.17) is 0 Å². The largest absolute Gasteiger partial charge is 0.296 e. The van der Waals surface area contributed by atoms with E-state index >= 15 is 0 Å². The molecule has 0 aliphatic carbocycles. The maximum atomic E-state index is 12.0. The molecule has 5 nitrogen and oxygen atoms in total. The molecule has 0 bridgehead atoms. The molecule has 0 saturated carbocycles. The normalized spacial score (nSPS) is 19.5. The molecule has 1 fully saturated rings. The van der Waals surface area contributed by atoms with Gasteiger partial charge < -0.3 is 0 Å². The van der Waals surface area contributed by atoms with Crippen LogP contribution in [0.25, 0.3) is 0 Å². The van der Waals surface area contributed by atoms with Gasteiger partial charge in [-0.05, 0) is 13.8 Å². The number of rotatable bonds is 4. The van der Waals surface area contributed by atoms with Crippen LogP contribution < -0.4 is 0 Å². The molecule has 0 amide bonds. The van der Waals surface area contributed by atoms with Crippen LogP contribution >= 0.6 is 11.3 Å². The second kappa shape index (κ2) is 5.64. The van der Waals surface area contributed by atoms with E-state index < -0.39 is 10.0 Å². The maximum Gasteiger partial charge on any atom is 0.216 e. The molecule has 1 aliphatic heterocycles. The Kier molecular flexibility index (Phi) is 4.37. The molecule has 1 aromatic heterocycles. The highest BCUT2D eigenvalue weighted by molar-refractivity contribution is 7.89. The molecule has 0 radical (unpaired) electrons. The summed E-state index contributed by atoms with van der Waals surface area (Å²) in [5.74, 6) is 0. The Morgan fingerprint density at radius 1 is 1.33 bits per heavy atom. The monoisotopic (exact) mass is 289 g/mol. The van der Waals surface area contributed by atoms with Crippen molar-refractivity contribution in [2.75, 3.05) is 26.2 Å². The number of hydrogen-bond acceptors (Lipinski definition) is 5. The minimum absolute atomic E-state index is 0.328. The highest BCUT2D eigenvalue weighted by atomic mass is 32.2. The van der Waals surface area contributed by atoms with E-state index in [2.05, 4.69) is 9.88 Å². The molecule has 0 spiro atoms. The minimum atomic E-state index is -3.09. The first kappa shape index (κ1) is 13.9. The van der Waals surface area contributed by atoms with Gasteiger partial charge in [-0.1, -0.05) is 0 Å². The molecule has 0 N–H and O–H groups in total.